The van der Waals surface area contributed by atoms with Gasteiger partial charge in [-0.25, -0.2) is 0 Å². The highest BCUT2D eigenvalue weighted by atomic mass is 33.1. The zero-order valence-electron chi connectivity index (χ0n) is 3.25. The predicted octanol–water partition coefficient (Wildman–Crippen LogP) is 0.457. The minimum atomic E-state index is -2.62. The monoisotopic (exact) mass is 157 g/mol. The molecule has 0 aromatic heterocycles. The van der Waals surface area contributed by atoms with E-state index in [1.54, 1.807) is 0 Å². The Morgan fingerprint density at radius 2 is 1.86 bits per heavy atom. The van der Waals surface area contributed by atoms with Crippen LogP contribution in [-0.4, -0.2) is 0 Å². The molecule has 1 rings (SSSR count). The standard InChI is InChI=1S/H4N3OPS2/c1-5(4)2-6-7-3-5/h(H4,1,2,3,4). The van der Waals surface area contributed by atoms with Crippen LogP contribution in [0.5, 0.6) is 0 Å². The number of nitrogens with two attached hydrogens (primary N) is 1. The average Bonchev–Trinajstić information content (AvgIpc) is 1.84. The molecule has 0 aromatic rings. The summed E-state index contributed by atoms with van der Waals surface area (Å²) in [6, 6.07) is 0. The Morgan fingerprint density at radius 3 is 2.00 bits per heavy atom. The lowest BCUT2D eigenvalue weighted by Gasteiger charge is -1.96. The van der Waals surface area contributed by atoms with Gasteiger partial charge in [-0.15, -0.1) is 0 Å². The molecule has 42 valence electrons. The Bertz CT molecular complexity index is 104. The van der Waals surface area contributed by atoms with E-state index in [4.69, 9.17) is 5.50 Å². The van der Waals surface area contributed by atoms with Crippen molar-refractivity contribution < 1.29 is 4.57 Å². The van der Waals surface area contributed by atoms with Gasteiger partial charge in [-0.3, -0.25) is 10.1 Å². The van der Waals surface area contributed by atoms with Crippen LogP contribution in [0.3, 0.4) is 0 Å². The Hall–Kier alpha value is 0.810. The Labute approximate surface area is 49.2 Å². The largest absolute Gasteiger partial charge is 0.296 e. The lowest BCUT2D eigenvalue weighted by molar-refractivity contribution is 0.573. The van der Waals surface area contributed by atoms with Gasteiger partial charge in [-0.2, -0.15) is 8.99 Å². The van der Waals surface area contributed by atoms with Gasteiger partial charge in [-0.05, 0) is 0 Å². The molecule has 0 aliphatic carbocycles. The molecule has 7 heteroatoms. The van der Waals surface area contributed by atoms with Gasteiger partial charge >= 0.3 is 0 Å². The summed E-state index contributed by atoms with van der Waals surface area (Å²) >= 11 is 0. The molecule has 0 saturated carbocycles. The Balaban J connectivity index is 2.57. The summed E-state index contributed by atoms with van der Waals surface area (Å²) < 4.78 is 15.5. The van der Waals surface area contributed by atoms with Crippen LogP contribution in [0.4, 0.5) is 0 Å². The quantitative estimate of drug-likeness (QED) is 0.269. The van der Waals surface area contributed by atoms with Crippen molar-refractivity contribution in [3.05, 3.63) is 0 Å². The maximum Gasteiger partial charge on any atom is 0.296 e. The third kappa shape index (κ3) is 1.64. The van der Waals surface area contributed by atoms with Crippen LogP contribution in [0.15, 0.2) is 0 Å². The van der Waals surface area contributed by atoms with Gasteiger partial charge in [0.25, 0.3) is 7.59 Å². The summed E-state index contributed by atoms with van der Waals surface area (Å²) in [5.41, 5.74) is 5.07. The first kappa shape index (κ1) is 5.94. The molecule has 1 fully saturated rings. The minimum Gasteiger partial charge on any atom is -0.269 e. The molecule has 4 N–H and O–H groups in total. The van der Waals surface area contributed by atoms with Gasteiger partial charge in [0, 0.05) is 22.0 Å². The third-order valence-corrected chi connectivity index (χ3v) is 4.83. The highest BCUT2D eigenvalue weighted by Crippen LogP contribution is 2.43. The topological polar surface area (TPSA) is 67.2 Å². The van der Waals surface area contributed by atoms with Crippen LogP contribution in [0, 0.1) is 0 Å². The summed E-state index contributed by atoms with van der Waals surface area (Å²) in [5, 5.41) is 0. The Morgan fingerprint density at radius 1 is 1.43 bits per heavy atom. The highest BCUT2D eigenvalue weighted by Gasteiger charge is 2.21. The molecule has 1 aliphatic heterocycles. The van der Waals surface area contributed by atoms with Crippen molar-refractivity contribution in [2.75, 3.05) is 0 Å². The van der Waals surface area contributed by atoms with Crippen LogP contribution < -0.4 is 14.5 Å². The number of hydrogen-bond acceptors (Lipinski definition) is 3. The van der Waals surface area contributed by atoms with Crippen molar-refractivity contribution in [3.8, 4) is 0 Å². The summed E-state index contributed by atoms with van der Waals surface area (Å²) in [4.78, 5) is 0. The van der Waals surface area contributed by atoms with E-state index in [0.29, 0.717) is 0 Å². The third-order valence-electron chi connectivity index (χ3n) is 0.387. The van der Waals surface area contributed by atoms with Crippen molar-refractivity contribution in [3.63, 3.8) is 0 Å². The Kier molecular flexibility index (Phi) is 1.67. The molecule has 0 amide bonds. The van der Waals surface area contributed by atoms with Crippen LogP contribution in [-0.2, 0) is 4.57 Å². The molecule has 0 spiro atoms. The fourth-order valence-electron chi connectivity index (χ4n) is 0.167. The predicted molar refractivity (Wildman–Crippen MR) is 33.2 cm³/mol. The van der Waals surface area contributed by atoms with Crippen LogP contribution >= 0.6 is 29.6 Å². The van der Waals surface area contributed by atoms with Crippen molar-refractivity contribution >= 4 is 29.6 Å². The second-order valence-corrected chi connectivity index (χ2v) is 5.12. The van der Waals surface area contributed by atoms with Crippen molar-refractivity contribution in [1.29, 1.82) is 0 Å². The highest BCUT2D eigenvalue weighted by molar-refractivity contribution is 8.78. The lowest BCUT2D eigenvalue weighted by atomic mass is 13.8. The maximum atomic E-state index is 10.5. The van der Waals surface area contributed by atoms with Crippen molar-refractivity contribution in [2.24, 2.45) is 5.50 Å². The van der Waals surface area contributed by atoms with E-state index in [1.165, 1.54) is 22.0 Å². The van der Waals surface area contributed by atoms with E-state index in [2.05, 4.69) is 8.99 Å². The van der Waals surface area contributed by atoms with Gasteiger partial charge in [0.1, 0.15) is 0 Å². The first-order valence-electron chi connectivity index (χ1n) is 1.46. The maximum absolute atomic E-state index is 10.5. The first-order chi connectivity index (χ1) is 3.21. The second-order valence-electron chi connectivity index (χ2n) is 1.01. The summed E-state index contributed by atoms with van der Waals surface area (Å²) in [5.74, 6) is 0. The smallest absolute Gasteiger partial charge is 0.269 e. The summed E-state index contributed by atoms with van der Waals surface area (Å²) in [6.07, 6.45) is 0. The number of nitrogens with one attached hydrogen (secondary N) is 2. The van der Waals surface area contributed by atoms with Crippen LogP contribution in [0.1, 0.15) is 0 Å². The lowest BCUT2D eigenvalue weighted by Crippen LogP contribution is -2.10. The fraction of sp³-hybridized carbons (Fsp3) is 0. The molecule has 0 radical (unpaired) electrons. The van der Waals surface area contributed by atoms with Gasteiger partial charge in [0.05, 0.1) is 0 Å². The van der Waals surface area contributed by atoms with E-state index in [1.807, 2.05) is 0 Å². The van der Waals surface area contributed by atoms with Crippen LogP contribution in [0.25, 0.3) is 0 Å². The van der Waals surface area contributed by atoms with E-state index in [0.717, 1.165) is 0 Å². The van der Waals surface area contributed by atoms with Crippen molar-refractivity contribution in [1.82, 2.24) is 8.99 Å². The van der Waals surface area contributed by atoms with Gasteiger partial charge in [-0.1, -0.05) is 0 Å². The zero-order valence-corrected chi connectivity index (χ0v) is 5.78. The number of hydrogen-bond donors (Lipinski definition) is 3. The first-order valence-corrected chi connectivity index (χ1v) is 5.39. The summed E-state index contributed by atoms with van der Waals surface area (Å²) in [6.45, 7) is 0. The van der Waals surface area contributed by atoms with E-state index < -0.39 is 7.59 Å². The molecule has 7 heavy (non-hydrogen) atoms. The van der Waals surface area contributed by atoms with Crippen molar-refractivity contribution in [2.45, 2.75) is 0 Å². The molecule has 1 saturated heterocycles. The molecular formula is H4N3OPS2. The molecule has 0 unspecified atom stereocenters. The minimum absolute atomic E-state index is 1.25. The normalized spacial score (nSPS) is 28.1. The van der Waals surface area contributed by atoms with Crippen LogP contribution in [0.2, 0.25) is 0 Å². The summed E-state index contributed by atoms with van der Waals surface area (Å²) in [7, 11) is -0.120. The van der Waals surface area contributed by atoms with E-state index in [-0.39, 0.29) is 0 Å². The average molecular weight is 157 g/mol. The fourth-order valence-corrected chi connectivity index (χ4v) is 4.50. The molecule has 0 bridgehead atoms. The molecule has 0 atom stereocenters. The second kappa shape index (κ2) is 1.97. The van der Waals surface area contributed by atoms with Gasteiger partial charge in [0.2, 0.25) is 0 Å². The number of rotatable bonds is 0. The molecule has 0 aromatic carbocycles. The van der Waals surface area contributed by atoms with E-state index >= 15 is 0 Å². The van der Waals surface area contributed by atoms with Gasteiger partial charge < -0.3 is 0 Å². The van der Waals surface area contributed by atoms with E-state index in [9.17, 15) is 4.57 Å². The SMILES string of the molecule is NP1(=O)NSSN1. The molecular weight excluding hydrogens is 153 g/mol. The molecule has 1 heterocycles. The molecule has 4 nitrogen and oxygen atoms in total. The van der Waals surface area contributed by atoms with Gasteiger partial charge in [0.15, 0.2) is 0 Å². The molecule has 1 aliphatic rings. The zero-order chi connectivity index (χ0) is 5.33.